The van der Waals surface area contributed by atoms with E-state index in [1.165, 1.54) is 0 Å². The van der Waals surface area contributed by atoms with Gasteiger partial charge in [0.15, 0.2) is 0 Å². The van der Waals surface area contributed by atoms with Crippen molar-refractivity contribution in [3.63, 3.8) is 0 Å². The molecule has 0 aliphatic carbocycles. The minimum absolute atomic E-state index is 0. The summed E-state index contributed by atoms with van der Waals surface area (Å²) in [7, 11) is 0. The number of aliphatic carboxylic acids is 4. The van der Waals surface area contributed by atoms with Gasteiger partial charge in [-0.05, 0) is 0 Å². The number of carboxylic acids is 4. The summed E-state index contributed by atoms with van der Waals surface area (Å²) in [4.78, 5) is 35.7. The molecule has 0 aliphatic heterocycles. The third kappa shape index (κ3) is 31.5. The van der Waals surface area contributed by atoms with Gasteiger partial charge in [-0.1, -0.05) is 0 Å². The van der Waals surface area contributed by atoms with Gasteiger partial charge in [0, 0.05) is 0 Å². The standard InChI is InChI=1S/2C2H2O4.Ba.O.Zr/c2*3-1(4)2(5)6;;;/h2*(H,3,4)(H,5,6);;;/q;;+2;;+2/p-4. The van der Waals surface area contributed by atoms with Gasteiger partial charge in [0.05, 0.1) is 23.9 Å². The molecule has 0 spiro atoms. The zero-order valence-corrected chi connectivity index (χ0v) is 13.8. The molecule has 0 heterocycles. The number of carboxylic acid groups (broad SMARTS) is 4. The first-order valence-electron chi connectivity index (χ1n) is 2.34. The molecule has 0 bridgehead atoms. The molecule has 0 unspecified atom stereocenters. The molecule has 0 saturated carbocycles. The second kappa shape index (κ2) is 16.6. The van der Waals surface area contributed by atoms with Crippen LogP contribution in [0.5, 0.6) is 0 Å². The molecule has 0 N–H and O–H groups in total. The first kappa shape index (κ1) is 24.4. The maximum absolute atomic E-state index is 8.93. The van der Waals surface area contributed by atoms with Crippen molar-refractivity contribution in [2.45, 2.75) is 0 Å². The predicted octanol–water partition coefficient (Wildman–Crippen LogP) is -7.53. The third-order valence-corrected chi connectivity index (χ3v) is 0.333. The number of rotatable bonds is 0. The van der Waals surface area contributed by atoms with E-state index in [2.05, 4.69) is 0 Å². The summed E-state index contributed by atoms with van der Waals surface area (Å²) in [6.45, 7) is 0. The van der Waals surface area contributed by atoms with E-state index in [1.54, 1.807) is 0 Å². The van der Waals surface area contributed by atoms with Crippen molar-refractivity contribution in [2.24, 2.45) is 0 Å². The van der Waals surface area contributed by atoms with Crippen LogP contribution in [0.2, 0.25) is 0 Å². The van der Waals surface area contributed by atoms with E-state index in [0.29, 0.717) is 24.7 Å². The summed E-state index contributed by atoms with van der Waals surface area (Å²) in [5.41, 5.74) is 0. The van der Waals surface area contributed by atoms with Crippen molar-refractivity contribution in [1.29, 1.82) is 0 Å². The first-order chi connectivity index (χ1) is 6.29. The molecule has 0 aromatic heterocycles. The molecule has 0 aliphatic rings. The molecular weight excluding hydrogens is 421 g/mol. The molecule has 0 radical (unpaired) electrons. The van der Waals surface area contributed by atoms with Gasteiger partial charge in [0.25, 0.3) is 0 Å². The Labute approximate surface area is 138 Å². The molecule has 15 heavy (non-hydrogen) atoms. The molecule has 0 amide bonds. The Morgan fingerprint density at radius 3 is 0.667 bits per heavy atom. The van der Waals surface area contributed by atoms with E-state index in [-0.39, 0.29) is 48.9 Å². The number of hydrogen-bond acceptors (Lipinski definition) is 9. The fraction of sp³-hybridized carbons (Fsp3) is 0. The Morgan fingerprint density at radius 2 is 0.667 bits per heavy atom. The maximum atomic E-state index is 8.93. The van der Waals surface area contributed by atoms with E-state index in [4.69, 9.17) is 42.4 Å². The minimum atomic E-state index is -2.19. The molecule has 0 aromatic carbocycles. The Bertz CT molecular complexity index is 190. The number of carbonyl (C=O) groups is 4. The van der Waals surface area contributed by atoms with Gasteiger partial charge < -0.3 is 39.6 Å². The Hall–Kier alpha value is 0.135. The molecule has 76 valence electrons. The summed E-state index contributed by atoms with van der Waals surface area (Å²) < 4.78 is 8.34. The summed E-state index contributed by atoms with van der Waals surface area (Å²) in [5.74, 6) is -8.74. The Kier molecular flexibility index (Phi) is 26.9. The Morgan fingerprint density at radius 1 is 0.600 bits per heavy atom. The molecule has 0 rings (SSSR count). The summed E-state index contributed by atoms with van der Waals surface area (Å²) in [6.07, 6.45) is 0. The van der Waals surface area contributed by atoms with Gasteiger partial charge >= 0.3 is 76.4 Å². The van der Waals surface area contributed by atoms with E-state index in [1.807, 2.05) is 0 Å². The molecule has 11 heteroatoms. The van der Waals surface area contributed by atoms with E-state index >= 15 is 0 Å². The first-order valence-corrected chi connectivity index (χ1v) is 3.34. The quantitative estimate of drug-likeness (QED) is 0.272. The van der Waals surface area contributed by atoms with Gasteiger partial charge in [-0.2, -0.15) is 0 Å². The van der Waals surface area contributed by atoms with Crippen molar-refractivity contribution in [3.8, 4) is 0 Å². The Balaban J connectivity index is -0.0000000653. The zero-order valence-electron chi connectivity index (χ0n) is 6.88. The normalized spacial score (nSPS) is 6.27. The van der Waals surface area contributed by atoms with Crippen molar-refractivity contribution < 1.29 is 67.1 Å². The topological polar surface area (TPSA) is 178 Å². The van der Waals surface area contributed by atoms with Gasteiger partial charge in [-0.25, -0.2) is 0 Å². The van der Waals surface area contributed by atoms with Gasteiger partial charge in [-0.15, -0.1) is 0 Å². The van der Waals surface area contributed by atoms with Crippen LogP contribution in [0.3, 0.4) is 0 Å². The molecule has 9 nitrogen and oxygen atoms in total. The van der Waals surface area contributed by atoms with Crippen LogP contribution in [0.1, 0.15) is 0 Å². The third-order valence-electron chi connectivity index (χ3n) is 0.333. The molecule has 0 aromatic rings. The average Bonchev–Trinajstić information content (AvgIpc) is 2.08. The predicted molar refractivity (Wildman–Crippen MR) is 26.5 cm³/mol. The average molecular weight is 421 g/mol. The van der Waals surface area contributed by atoms with Crippen LogP contribution in [-0.2, 0) is 46.7 Å². The molecule has 0 atom stereocenters. The van der Waals surface area contributed by atoms with E-state index < -0.39 is 23.9 Å². The number of hydrogen-bond donors (Lipinski definition) is 0. The van der Waals surface area contributed by atoms with Crippen LogP contribution in [0.4, 0.5) is 0 Å². The van der Waals surface area contributed by atoms with Crippen LogP contribution in [0.25, 0.3) is 0 Å². The van der Waals surface area contributed by atoms with Gasteiger partial charge in [0.2, 0.25) is 0 Å². The van der Waals surface area contributed by atoms with Crippen molar-refractivity contribution >= 4 is 72.8 Å². The summed E-state index contributed by atoms with van der Waals surface area (Å²) in [6, 6.07) is 0. The second-order valence-electron chi connectivity index (χ2n) is 1.15. The molecular formula is C4BaO9Zr. The van der Waals surface area contributed by atoms with Crippen molar-refractivity contribution in [1.82, 2.24) is 0 Å². The summed E-state index contributed by atoms with van der Waals surface area (Å²) in [5, 5.41) is 35.7. The van der Waals surface area contributed by atoms with Crippen LogP contribution < -0.4 is 20.4 Å². The fourth-order valence-corrected chi connectivity index (χ4v) is 0. The zero-order chi connectivity index (χ0) is 12.3. The molecule has 0 fully saturated rings. The van der Waals surface area contributed by atoms with Crippen molar-refractivity contribution in [2.75, 3.05) is 0 Å². The second-order valence-corrected chi connectivity index (χ2v) is 1.15. The fourth-order valence-electron chi connectivity index (χ4n) is 0. The van der Waals surface area contributed by atoms with Crippen LogP contribution in [0.15, 0.2) is 0 Å². The SMILES string of the molecule is O=C([O-])C(=O)[O-].O=C([O-])C(=O)[O-].[Ba+2].[O]=[Zr+2]. The van der Waals surface area contributed by atoms with Crippen LogP contribution in [0, 0.1) is 0 Å². The number of carbonyl (C=O) groups excluding carboxylic acids is 4. The van der Waals surface area contributed by atoms with Crippen LogP contribution in [-0.4, -0.2) is 72.8 Å². The van der Waals surface area contributed by atoms with E-state index in [9.17, 15) is 0 Å². The van der Waals surface area contributed by atoms with Gasteiger partial charge in [-0.3, -0.25) is 0 Å². The molecule has 0 saturated heterocycles. The van der Waals surface area contributed by atoms with Crippen LogP contribution >= 0.6 is 0 Å². The van der Waals surface area contributed by atoms with E-state index in [0.717, 1.165) is 0 Å². The summed E-state index contributed by atoms with van der Waals surface area (Å²) >= 11 is 0.300. The van der Waals surface area contributed by atoms with Gasteiger partial charge in [0.1, 0.15) is 0 Å². The monoisotopic (exact) mass is 420 g/mol. The van der Waals surface area contributed by atoms with Crippen molar-refractivity contribution in [3.05, 3.63) is 0 Å².